The van der Waals surface area contributed by atoms with E-state index in [1.807, 2.05) is 12.1 Å². The van der Waals surface area contributed by atoms with Gasteiger partial charge in [-0.1, -0.05) is 6.92 Å². The summed E-state index contributed by atoms with van der Waals surface area (Å²) in [4.78, 5) is 4.68. The fourth-order valence-electron chi connectivity index (χ4n) is 3.17. The molecule has 1 aliphatic carbocycles. The lowest BCUT2D eigenvalue weighted by molar-refractivity contribution is 0.138. The number of ether oxygens (including phenoxy) is 1. The summed E-state index contributed by atoms with van der Waals surface area (Å²) in [6.07, 6.45) is 4.85. The molecule has 102 valence electrons. The van der Waals surface area contributed by atoms with Crippen LogP contribution in [0.2, 0.25) is 0 Å². The van der Waals surface area contributed by atoms with Crippen molar-refractivity contribution in [3.63, 3.8) is 0 Å². The third-order valence-corrected chi connectivity index (χ3v) is 4.71. The van der Waals surface area contributed by atoms with Gasteiger partial charge in [-0.2, -0.15) is 0 Å². The molecule has 0 unspecified atom stereocenters. The molecule has 1 saturated carbocycles. The molecule has 0 bridgehead atoms. The highest BCUT2D eigenvalue weighted by atomic mass is 35.5. The number of alkyl halides is 1. The van der Waals surface area contributed by atoms with E-state index in [1.165, 1.54) is 19.3 Å². The Balaban J connectivity index is 2.24. The van der Waals surface area contributed by atoms with E-state index in [9.17, 15) is 0 Å². The predicted molar refractivity (Wildman–Crippen MR) is 78.0 cm³/mol. The Hall–Kier alpha value is -1.22. The van der Waals surface area contributed by atoms with E-state index in [1.54, 1.807) is 7.11 Å². The lowest BCUT2D eigenvalue weighted by atomic mass is 9.74. The van der Waals surface area contributed by atoms with Crippen LogP contribution in [0.3, 0.4) is 0 Å². The molecule has 1 aromatic heterocycles. The van der Waals surface area contributed by atoms with Crippen LogP contribution in [0.4, 0.5) is 0 Å². The maximum Gasteiger partial charge on any atom is 0.125 e. The topological polar surface area (TPSA) is 27.1 Å². The molecule has 0 radical (unpaired) electrons. The van der Waals surface area contributed by atoms with E-state index >= 15 is 0 Å². The first kappa shape index (κ1) is 12.8. The molecule has 0 amide bonds. The second-order valence-electron chi connectivity index (χ2n) is 5.28. The normalized spacial score (nSPS) is 17.4. The van der Waals surface area contributed by atoms with E-state index in [0.717, 1.165) is 29.0 Å². The summed E-state index contributed by atoms with van der Waals surface area (Å²) in [6, 6.07) is 6.05. The molecule has 0 spiro atoms. The first-order valence-electron chi connectivity index (χ1n) is 6.86. The maximum absolute atomic E-state index is 6.11. The molecule has 1 heterocycles. The number of benzene rings is 1. The summed E-state index contributed by atoms with van der Waals surface area (Å²) in [6.45, 7) is 2.25. The Kier molecular flexibility index (Phi) is 3.17. The Bertz CT molecular complexity index is 596. The van der Waals surface area contributed by atoms with Crippen LogP contribution in [-0.4, -0.2) is 16.7 Å². The first-order chi connectivity index (χ1) is 9.24. The second kappa shape index (κ2) is 4.71. The monoisotopic (exact) mass is 278 g/mol. The van der Waals surface area contributed by atoms with Crippen LogP contribution in [0.15, 0.2) is 18.2 Å². The minimum atomic E-state index is 0.214. The standard InChI is InChI=1S/C15H19ClN2O/c1-3-15(7-4-8-15)18-13-9-11(19-2)5-6-12(13)17-14(18)10-16/h5-6,9H,3-4,7-8,10H2,1-2H3. The zero-order valence-electron chi connectivity index (χ0n) is 11.4. The van der Waals surface area contributed by atoms with E-state index in [-0.39, 0.29) is 5.54 Å². The average molecular weight is 279 g/mol. The molecule has 1 aromatic carbocycles. The van der Waals surface area contributed by atoms with Crippen molar-refractivity contribution in [2.24, 2.45) is 0 Å². The van der Waals surface area contributed by atoms with Gasteiger partial charge in [0.1, 0.15) is 11.6 Å². The quantitative estimate of drug-likeness (QED) is 0.788. The average Bonchev–Trinajstić information content (AvgIpc) is 2.76. The van der Waals surface area contributed by atoms with Crippen molar-refractivity contribution < 1.29 is 4.74 Å². The molecule has 3 rings (SSSR count). The van der Waals surface area contributed by atoms with Crippen molar-refractivity contribution in [2.75, 3.05) is 7.11 Å². The van der Waals surface area contributed by atoms with E-state index in [4.69, 9.17) is 16.3 Å². The van der Waals surface area contributed by atoms with Gasteiger partial charge < -0.3 is 9.30 Å². The van der Waals surface area contributed by atoms with Crippen LogP contribution >= 0.6 is 11.6 Å². The number of halogens is 1. The van der Waals surface area contributed by atoms with Gasteiger partial charge in [-0.05, 0) is 37.8 Å². The molecular weight excluding hydrogens is 260 g/mol. The van der Waals surface area contributed by atoms with Crippen LogP contribution in [0.5, 0.6) is 5.75 Å². The van der Waals surface area contributed by atoms with E-state index in [2.05, 4.69) is 22.5 Å². The molecule has 0 aliphatic heterocycles. The zero-order chi connectivity index (χ0) is 13.5. The lowest BCUT2D eigenvalue weighted by Crippen LogP contribution is -2.40. The van der Waals surface area contributed by atoms with Crippen molar-refractivity contribution in [2.45, 2.75) is 44.0 Å². The third-order valence-electron chi connectivity index (χ3n) is 4.47. The Morgan fingerprint density at radius 3 is 2.74 bits per heavy atom. The van der Waals surface area contributed by atoms with Gasteiger partial charge in [0, 0.05) is 11.6 Å². The third kappa shape index (κ3) is 1.83. The number of fused-ring (bicyclic) bond motifs is 1. The zero-order valence-corrected chi connectivity index (χ0v) is 12.2. The molecule has 1 fully saturated rings. The number of rotatable bonds is 4. The summed E-state index contributed by atoms with van der Waals surface area (Å²) in [5.41, 5.74) is 2.37. The van der Waals surface area contributed by atoms with Crippen LogP contribution in [0.25, 0.3) is 11.0 Å². The van der Waals surface area contributed by atoms with Crippen molar-refractivity contribution in [1.82, 2.24) is 9.55 Å². The summed E-state index contributed by atoms with van der Waals surface area (Å²) in [5.74, 6) is 2.31. The van der Waals surface area contributed by atoms with Gasteiger partial charge >= 0.3 is 0 Å². The molecule has 0 saturated heterocycles. The molecule has 3 nitrogen and oxygen atoms in total. The SMILES string of the molecule is CCC1(n2c(CCl)nc3ccc(OC)cc32)CCC1. The number of hydrogen-bond acceptors (Lipinski definition) is 2. The van der Waals surface area contributed by atoms with Gasteiger partial charge in [0.2, 0.25) is 0 Å². The van der Waals surface area contributed by atoms with Crippen molar-refractivity contribution in [3.8, 4) is 5.75 Å². The molecule has 19 heavy (non-hydrogen) atoms. The lowest BCUT2D eigenvalue weighted by Gasteiger charge is -2.44. The summed E-state index contributed by atoms with van der Waals surface area (Å²) in [5, 5.41) is 0. The van der Waals surface area contributed by atoms with Gasteiger partial charge in [-0.15, -0.1) is 11.6 Å². The fourth-order valence-corrected chi connectivity index (χ4v) is 3.35. The number of aromatic nitrogens is 2. The highest BCUT2D eigenvalue weighted by Crippen LogP contribution is 2.45. The highest BCUT2D eigenvalue weighted by Gasteiger charge is 2.39. The highest BCUT2D eigenvalue weighted by molar-refractivity contribution is 6.16. The summed E-state index contributed by atoms with van der Waals surface area (Å²) in [7, 11) is 1.70. The molecule has 0 N–H and O–H groups in total. The largest absolute Gasteiger partial charge is 0.497 e. The number of imidazole rings is 1. The second-order valence-corrected chi connectivity index (χ2v) is 5.55. The predicted octanol–water partition coefficient (Wildman–Crippen LogP) is 4.07. The van der Waals surface area contributed by atoms with Crippen molar-refractivity contribution in [3.05, 3.63) is 24.0 Å². The van der Waals surface area contributed by atoms with Gasteiger partial charge in [0.25, 0.3) is 0 Å². The molecule has 1 aliphatic rings. The van der Waals surface area contributed by atoms with Crippen LogP contribution in [0.1, 0.15) is 38.4 Å². The van der Waals surface area contributed by atoms with Gasteiger partial charge in [0.15, 0.2) is 0 Å². The first-order valence-corrected chi connectivity index (χ1v) is 7.39. The van der Waals surface area contributed by atoms with Crippen LogP contribution in [0, 0.1) is 0 Å². The van der Waals surface area contributed by atoms with Crippen molar-refractivity contribution in [1.29, 1.82) is 0 Å². The number of hydrogen-bond donors (Lipinski definition) is 0. The van der Waals surface area contributed by atoms with Gasteiger partial charge in [0.05, 0.1) is 24.0 Å². The summed E-state index contributed by atoms with van der Waals surface area (Å²) < 4.78 is 7.71. The van der Waals surface area contributed by atoms with Gasteiger partial charge in [-0.3, -0.25) is 0 Å². The molecule has 0 atom stereocenters. The van der Waals surface area contributed by atoms with Gasteiger partial charge in [-0.25, -0.2) is 4.98 Å². The Labute approximate surface area is 118 Å². The van der Waals surface area contributed by atoms with E-state index in [0.29, 0.717) is 5.88 Å². The minimum Gasteiger partial charge on any atom is -0.497 e. The van der Waals surface area contributed by atoms with E-state index < -0.39 is 0 Å². The number of nitrogens with zero attached hydrogens (tertiary/aromatic N) is 2. The fraction of sp³-hybridized carbons (Fsp3) is 0.533. The minimum absolute atomic E-state index is 0.214. The molecular formula is C15H19ClN2O. The maximum atomic E-state index is 6.11. The van der Waals surface area contributed by atoms with Crippen LogP contribution in [-0.2, 0) is 11.4 Å². The summed E-state index contributed by atoms with van der Waals surface area (Å²) >= 11 is 6.11. The Morgan fingerprint density at radius 1 is 1.42 bits per heavy atom. The molecule has 4 heteroatoms. The molecule has 2 aromatic rings. The smallest absolute Gasteiger partial charge is 0.125 e. The number of methoxy groups -OCH3 is 1. The Morgan fingerprint density at radius 2 is 2.21 bits per heavy atom. The van der Waals surface area contributed by atoms with Crippen molar-refractivity contribution >= 4 is 22.6 Å². The van der Waals surface area contributed by atoms with Crippen LogP contribution < -0.4 is 4.74 Å².